The molecule has 0 saturated carbocycles. The van der Waals surface area contributed by atoms with Gasteiger partial charge in [0.2, 0.25) is 0 Å². The van der Waals surface area contributed by atoms with Crippen molar-refractivity contribution in [3.05, 3.63) is 56.7 Å². The van der Waals surface area contributed by atoms with Gasteiger partial charge in [-0.05, 0) is 36.2 Å². The van der Waals surface area contributed by atoms with Gasteiger partial charge in [0.05, 0.1) is 9.71 Å². The molecule has 1 unspecified atom stereocenters. The van der Waals surface area contributed by atoms with Crippen LogP contribution in [0, 0.1) is 11.6 Å². The molecule has 0 aliphatic carbocycles. The average Bonchev–Trinajstić information content (AvgIpc) is 2.70. The van der Waals surface area contributed by atoms with Crippen molar-refractivity contribution in [2.75, 3.05) is 0 Å². The molecule has 0 saturated heterocycles. The van der Waals surface area contributed by atoms with Gasteiger partial charge in [0, 0.05) is 4.88 Å². The van der Waals surface area contributed by atoms with Gasteiger partial charge in [-0.3, -0.25) is 0 Å². The number of benzene rings is 1. The number of halogens is 4. The van der Waals surface area contributed by atoms with E-state index in [0.717, 1.165) is 10.9 Å². The number of thiophene rings is 1. The average molecular weight is 293 g/mol. The lowest BCUT2D eigenvalue weighted by atomic mass is 10.1. The molecule has 0 fully saturated rings. The third-order valence-electron chi connectivity index (χ3n) is 2.30. The van der Waals surface area contributed by atoms with Gasteiger partial charge in [-0.15, -0.1) is 22.9 Å². The molecule has 2 aromatic rings. The number of hydrogen-bond donors (Lipinski definition) is 0. The van der Waals surface area contributed by atoms with Gasteiger partial charge in [0.25, 0.3) is 0 Å². The van der Waals surface area contributed by atoms with Crippen LogP contribution in [0.25, 0.3) is 0 Å². The van der Waals surface area contributed by atoms with Gasteiger partial charge in [-0.2, -0.15) is 0 Å². The molecule has 1 aromatic carbocycles. The quantitative estimate of drug-likeness (QED) is 0.682. The Morgan fingerprint density at radius 3 is 2.47 bits per heavy atom. The zero-order chi connectivity index (χ0) is 12.4. The largest absolute Gasteiger partial charge is 0.204 e. The number of hydrogen-bond acceptors (Lipinski definition) is 1. The van der Waals surface area contributed by atoms with Crippen LogP contribution in [0.15, 0.2) is 30.3 Å². The van der Waals surface area contributed by atoms with Gasteiger partial charge in [-0.1, -0.05) is 17.7 Å². The first-order chi connectivity index (χ1) is 8.06. The lowest BCUT2D eigenvalue weighted by Crippen LogP contribution is -1.95. The summed E-state index contributed by atoms with van der Waals surface area (Å²) in [4.78, 5) is 0.918. The molecule has 0 bridgehead atoms. The smallest absolute Gasteiger partial charge is 0.159 e. The maximum absolute atomic E-state index is 13.0. The van der Waals surface area contributed by atoms with E-state index in [1.54, 1.807) is 6.07 Å². The van der Waals surface area contributed by atoms with Crippen molar-refractivity contribution in [3.63, 3.8) is 0 Å². The molecule has 0 radical (unpaired) electrons. The summed E-state index contributed by atoms with van der Waals surface area (Å²) in [7, 11) is 0. The molecule has 5 heteroatoms. The van der Waals surface area contributed by atoms with E-state index in [4.69, 9.17) is 23.2 Å². The molecule has 2 rings (SSSR count). The van der Waals surface area contributed by atoms with Gasteiger partial charge in [0.1, 0.15) is 0 Å². The van der Waals surface area contributed by atoms with Gasteiger partial charge < -0.3 is 0 Å². The van der Waals surface area contributed by atoms with Crippen LogP contribution >= 0.6 is 34.5 Å². The summed E-state index contributed by atoms with van der Waals surface area (Å²) in [6.07, 6.45) is 0.440. The second-order valence-corrected chi connectivity index (χ2v) is 5.84. The molecule has 0 aliphatic rings. The fraction of sp³-hybridized carbons (Fsp3) is 0.167. The van der Waals surface area contributed by atoms with Crippen LogP contribution in [-0.4, -0.2) is 0 Å². The van der Waals surface area contributed by atoms with E-state index >= 15 is 0 Å². The predicted octanol–water partition coefficient (Wildman–Crippen LogP) is 5.20. The number of rotatable bonds is 3. The molecular weight excluding hydrogens is 285 g/mol. The molecule has 0 amide bonds. The lowest BCUT2D eigenvalue weighted by molar-refractivity contribution is 0.507. The normalized spacial score (nSPS) is 12.7. The van der Waals surface area contributed by atoms with Crippen LogP contribution in [-0.2, 0) is 6.42 Å². The van der Waals surface area contributed by atoms with Crippen LogP contribution in [0.1, 0.15) is 15.8 Å². The van der Waals surface area contributed by atoms with E-state index in [2.05, 4.69) is 0 Å². The maximum Gasteiger partial charge on any atom is 0.159 e. The molecule has 0 spiro atoms. The van der Waals surface area contributed by atoms with E-state index in [-0.39, 0.29) is 5.38 Å². The zero-order valence-corrected chi connectivity index (χ0v) is 10.9. The van der Waals surface area contributed by atoms with Crippen molar-refractivity contribution in [2.24, 2.45) is 0 Å². The molecule has 0 aliphatic heterocycles. The fourth-order valence-corrected chi connectivity index (χ4v) is 2.89. The van der Waals surface area contributed by atoms with Crippen LogP contribution in [0.5, 0.6) is 0 Å². The van der Waals surface area contributed by atoms with Crippen molar-refractivity contribution >= 4 is 34.5 Å². The second-order valence-electron chi connectivity index (χ2n) is 3.56. The summed E-state index contributed by atoms with van der Waals surface area (Å²) in [5, 5.41) is -0.280. The van der Waals surface area contributed by atoms with E-state index in [9.17, 15) is 8.78 Å². The molecular formula is C12H8Cl2F2S. The minimum absolute atomic E-state index is 0.280. The number of alkyl halides is 1. The van der Waals surface area contributed by atoms with Gasteiger partial charge >= 0.3 is 0 Å². The highest BCUT2D eigenvalue weighted by molar-refractivity contribution is 7.16. The summed E-state index contributed by atoms with van der Waals surface area (Å²) in [6.45, 7) is 0. The Morgan fingerprint density at radius 1 is 1.12 bits per heavy atom. The summed E-state index contributed by atoms with van der Waals surface area (Å²) in [5.41, 5.74) is 0.661. The monoisotopic (exact) mass is 292 g/mol. The Kier molecular flexibility index (Phi) is 4.02. The Labute approximate surface area is 112 Å². The maximum atomic E-state index is 13.0. The molecule has 1 atom stereocenters. The van der Waals surface area contributed by atoms with Crippen LogP contribution < -0.4 is 0 Å². The first-order valence-electron chi connectivity index (χ1n) is 4.89. The first kappa shape index (κ1) is 12.8. The van der Waals surface area contributed by atoms with Crippen molar-refractivity contribution in [1.82, 2.24) is 0 Å². The van der Waals surface area contributed by atoms with Gasteiger partial charge in [-0.25, -0.2) is 8.78 Å². The summed E-state index contributed by atoms with van der Waals surface area (Å²) in [5.74, 6) is -1.70. The highest BCUT2D eigenvalue weighted by atomic mass is 35.5. The molecule has 17 heavy (non-hydrogen) atoms. The molecule has 1 heterocycles. The van der Waals surface area contributed by atoms with Crippen molar-refractivity contribution in [3.8, 4) is 0 Å². The third kappa shape index (κ3) is 3.18. The second kappa shape index (κ2) is 5.34. The Morgan fingerprint density at radius 2 is 1.88 bits per heavy atom. The Balaban J connectivity index is 2.12. The topological polar surface area (TPSA) is 0 Å². The van der Waals surface area contributed by atoms with Crippen LogP contribution in [0.3, 0.4) is 0 Å². The van der Waals surface area contributed by atoms with E-state index in [0.29, 0.717) is 16.3 Å². The van der Waals surface area contributed by atoms with E-state index in [1.165, 1.54) is 23.5 Å². The lowest BCUT2D eigenvalue weighted by Gasteiger charge is -2.07. The minimum Gasteiger partial charge on any atom is -0.204 e. The fourth-order valence-electron chi connectivity index (χ4n) is 1.47. The van der Waals surface area contributed by atoms with Crippen molar-refractivity contribution in [1.29, 1.82) is 0 Å². The first-order valence-corrected chi connectivity index (χ1v) is 6.52. The molecule has 1 aromatic heterocycles. The van der Waals surface area contributed by atoms with E-state index < -0.39 is 11.6 Å². The molecule has 0 nitrogen and oxygen atoms in total. The zero-order valence-electron chi connectivity index (χ0n) is 8.59. The highest BCUT2D eigenvalue weighted by Gasteiger charge is 2.12. The standard InChI is InChI=1S/C12H8Cl2F2S/c13-8(11-3-4-12(14)17-11)5-7-1-2-9(15)10(16)6-7/h1-4,6,8H,5H2. The third-order valence-corrected chi connectivity index (χ3v) is 4.17. The molecule has 0 N–H and O–H groups in total. The van der Waals surface area contributed by atoms with Crippen LogP contribution in [0.4, 0.5) is 8.78 Å². The Bertz CT molecular complexity index is 525. The van der Waals surface area contributed by atoms with Crippen molar-refractivity contribution in [2.45, 2.75) is 11.8 Å². The Hall–Kier alpha value is -0.640. The minimum atomic E-state index is -0.851. The van der Waals surface area contributed by atoms with Gasteiger partial charge in [0.15, 0.2) is 11.6 Å². The highest BCUT2D eigenvalue weighted by Crippen LogP contribution is 2.33. The summed E-state index contributed by atoms with van der Waals surface area (Å²) in [6, 6.07) is 7.41. The van der Waals surface area contributed by atoms with Crippen LogP contribution in [0.2, 0.25) is 4.34 Å². The van der Waals surface area contributed by atoms with Crippen molar-refractivity contribution < 1.29 is 8.78 Å². The predicted molar refractivity (Wildman–Crippen MR) is 68.0 cm³/mol. The molecule has 90 valence electrons. The van der Waals surface area contributed by atoms with E-state index in [1.807, 2.05) is 6.07 Å². The summed E-state index contributed by atoms with van der Waals surface area (Å²) < 4.78 is 26.4. The SMILES string of the molecule is Fc1ccc(CC(Cl)c2ccc(Cl)s2)cc1F. The summed E-state index contributed by atoms with van der Waals surface area (Å²) >= 11 is 13.4.